The van der Waals surface area contributed by atoms with Gasteiger partial charge in [0.05, 0.1) is 5.52 Å². The molecule has 2 amide bonds. The summed E-state index contributed by atoms with van der Waals surface area (Å²) in [5.41, 5.74) is 8.34. The third-order valence-electron chi connectivity index (χ3n) is 5.52. The molecule has 4 rings (SSSR count). The van der Waals surface area contributed by atoms with Gasteiger partial charge >= 0.3 is 5.69 Å². The average molecular weight is 381 g/mol. The van der Waals surface area contributed by atoms with Crippen LogP contribution in [0.4, 0.5) is 0 Å². The van der Waals surface area contributed by atoms with Gasteiger partial charge in [0.1, 0.15) is 6.54 Å². The fourth-order valence-corrected chi connectivity index (χ4v) is 3.92. The topological polar surface area (TPSA) is 103 Å². The minimum Gasteiger partial charge on any atom is -0.369 e. The summed E-state index contributed by atoms with van der Waals surface area (Å²) in [4.78, 5) is 38.6. The van der Waals surface area contributed by atoms with Crippen LogP contribution in [0.1, 0.15) is 24.0 Å². The number of fused-ring (bicyclic) bond motifs is 3. The van der Waals surface area contributed by atoms with E-state index in [9.17, 15) is 14.4 Å². The number of piperidine rings is 1. The van der Waals surface area contributed by atoms with E-state index in [0.717, 1.165) is 22.0 Å². The minimum absolute atomic E-state index is 0.117. The zero-order valence-electron chi connectivity index (χ0n) is 16.0. The monoisotopic (exact) mass is 381 g/mol. The standard InChI is InChI=1S/C20H23N5O3/c1-12-3-4-16-15(9-12)10-13(2)19-22-24(20(28)25(16)19)11-17(26)23-7-5-14(6-8-23)18(21)27/h3-4,9-10,14H,5-8,11H2,1-2H3,(H2,21,27). The van der Waals surface area contributed by atoms with Crippen molar-refractivity contribution in [2.45, 2.75) is 33.2 Å². The van der Waals surface area contributed by atoms with E-state index in [1.54, 1.807) is 9.30 Å². The van der Waals surface area contributed by atoms with Crippen molar-refractivity contribution in [2.75, 3.05) is 13.1 Å². The third-order valence-corrected chi connectivity index (χ3v) is 5.52. The van der Waals surface area contributed by atoms with E-state index in [0.29, 0.717) is 31.6 Å². The number of nitrogens with zero attached hydrogens (tertiary/aromatic N) is 4. The number of amides is 2. The SMILES string of the molecule is Cc1ccc2c(c1)cc(C)c1nn(CC(=O)N3CCC(C(N)=O)CC3)c(=O)n12. The first-order chi connectivity index (χ1) is 13.3. The van der Waals surface area contributed by atoms with Gasteiger partial charge in [0.15, 0.2) is 5.65 Å². The van der Waals surface area contributed by atoms with Gasteiger partial charge in [0.25, 0.3) is 0 Å². The third kappa shape index (κ3) is 3.04. The number of rotatable bonds is 3. The van der Waals surface area contributed by atoms with Crippen LogP contribution in [0.2, 0.25) is 0 Å². The summed E-state index contributed by atoms with van der Waals surface area (Å²) < 4.78 is 2.79. The van der Waals surface area contributed by atoms with Gasteiger partial charge in [-0.2, -0.15) is 0 Å². The number of carbonyl (C=O) groups is 2. The van der Waals surface area contributed by atoms with E-state index in [1.807, 2.05) is 38.1 Å². The molecule has 0 saturated carbocycles. The summed E-state index contributed by atoms with van der Waals surface area (Å²) in [6.45, 7) is 4.73. The van der Waals surface area contributed by atoms with Crippen molar-refractivity contribution in [3.05, 3.63) is 45.9 Å². The van der Waals surface area contributed by atoms with Gasteiger partial charge in [0.2, 0.25) is 11.8 Å². The molecule has 3 aromatic rings. The average Bonchev–Trinajstić information content (AvgIpc) is 2.99. The molecule has 3 heterocycles. The first-order valence-corrected chi connectivity index (χ1v) is 9.42. The molecule has 2 aromatic heterocycles. The van der Waals surface area contributed by atoms with Crippen LogP contribution in [-0.2, 0) is 16.1 Å². The van der Waals surface area contributed by atoms with Crippen LogP contribution in [0.25, 0.3) is 16.6 Å². The molecule has 1 saturated heterocycles. The van der Waals surface area contributed by atoms with Crippen LogP contribution >= 0.6 is 0 Å². The van der Waals surface area contributed by atoms with Gasteiger partial charge < -0.3 is 10.6 Å². The molecule has 0 atom stereocenters. The van der Waals surface area contributed by atoms with E-state index < -0.39 is 0 Å². The van der Waals surface area contributed by atoms with E-state index in [2.05, 4.69) is 5.10 Å². The number of benzene rings is 1. The van der Waals surface area contributed by atoms with Crippen molar-refractivity contribution in [3.8, 4) is 0 Å². The Morgan fingerprint density at radius 2 is 1.89 bits per heavy atom. The lowest BCUT2D eigenvalue weighted by Crippen LogP contribution is -2.44. The minimum atomic E-state index is -0.326. The normalized spacial score (nSPS) is 15.4. The van der Waals surface area contributed by atoms with E-state index in [-0.39, 0.29) is 30.0 Å². The second-order valence-electron chi connectivity index (χ2n) is 7.55. The Kier molecular flexibility index (Phi) is 4.41. The van der Waals surface area contributed by atoms with Gasteiger partial charge in [-0.3, -0.25) is 9.59 Å². The maximum atomic E-state index is 13.0. The molecule has 1 aromatic carbocycles. The molecular formula is C20H23N5O3. The molecule has 0 radical (unpaired) electrons. The molecule has 8 nitrogen and oxygen atoms in total. The number of aryl methyl sites for hydroxylation is 2. The summed E-state index contributed by atoms with van der Waals surface area (Å²) in [6.07, 6.45) is 1.12. The lowest BCUT2D eigenvalue weighted by Gasteiger charge is -2.30. The van der Waals surface area contributed by atoms with Crippen LogP contribution < -0.4 is 11.4 Å². The second kappa shape index (κ2) is 6.78. The summed E-state index contributed by atoms with van der Waals surface area (Å²) in [5.74, 6) is -0.674. The number of aromatic nitrogens is 3. The van der Waals surface area contributed by atoms with Crippen molar-refractivity contribution in [3.63, 3.8) is 0 Å². The lowest BCUT2D eigenvalue weighted by atomic mass is 9.96. The lowest BCUT2D eigenvalue weighted by molar-refractivity contribution is -0.135. The number of primary amides is 1. The number of pyridine rings is 1. The number of likely N-dealkylation sites (tertiary alicyclic amines) is 1. The fourth-order valence-electron chi connectivity index (χ4n) is 3.92. The molecule has 2 N–H and O–H groups in total. The number of carbonyl (C=O) groups excluding carboxylic acids is 2. The van der Waals surface area contributed by atoms with Crippen molar-refractivity contribution >= 4 is 28.4 Å². The molecule has 0 unspecified atom stereocenters. The van der Waals surface area contributed by atoms with Crippen molar-refractivity contribution in [1.29, 1.82) is 0 Å². The van der Waals surface area contributed by atoms with E-state index in [4.69, 9.17) is 5.73 Å². The number of nitrogens with two attached hydrogens (primary N) is 1. The molecule has 0 aliphatic carbocycles. The predicted molar refractivity (Wildman–Crippen MR) is 105 cm³/mol. The summed E-state index contributed by atoms with van der Waals surface area (Å²) in [6, 6.07) is 7.89. The number of hydrogen-bond donors (Lipinski definition) is 1. The first kappa shape index (κ1) is 18.2. The Bertz CT molecular complexity index is 1150. The fraction of sp³-hybridized carbons (Fsp3) is 0.400. The Morgan fingerprint density at radius 1 is 1.18 bits per heavy atom. The van der Waals surface area contributed by atoms with Crippen molar-refractivity contribution in [2.24, 2.45) is 11.7 Å². The summed E-state index contributed by atoms with van der Waals surface area (Å²) >= 11 is 0. The summed E-state index contributed by atoms with van der Waals surface area (Å²) in [5, 5.41) is 5.37. The molecule has 1 aliphatic heterocycles. The van der Waals surface area contributed by atoms with Crippen molar-refractivity contribution in [1.82, 2.24) is 19.1 Å². The van der Waals surface area contributed by atoms with Crippen LogP contribution in [0, 0.1) is 19.8 Å². The highest BCUT2D eigenvalue weighted by molar-refractivity contribution is 5.84. The van der Waals surface area contributed by atoms with E-state index >= 15 is 0 Å². The maximum Gasteiger partial charge on any atom is 0.351 e. The van der Waals surface area contributed by atoms with Crippen molar-refractivity contribution < 1.29 is 9.59 Å². The Hall–Kier alpha value is -3.16. The van der Waals surface area contributed by atoms with Gasteiger partial charge in [-0.1, -0.05) is 11.6 Å². The smallest absolute Gasteiger partial charge is 0.351 e. The molecule has 0 spiro atoms. The molecule has 8 heteroatoms. The van der Waals surface area contributed by atoms with Gasteiger partial charge in [-0.05, 0) is 55.8 Å². The Labute approximate surface area is 161 Å². The highest BCUT2D eigenvalue weighted by Gasteiger charge is 2.26. The number of hydrogen-bond acceptors (Lipinski definition) is 4. The zero-order chi connectivity index (χ0) is 20.0. The van der Waals surface area contributed by atoms with Gasteiger partial charge in [0, 0.05) is 19.0 Å². The second-order valence-corrected chi connectivity index (χ2v) is 7.55. The molecule has 1 aliphatic rings. The molecular weight excluding hydrogens is 358 g/mol. The van der Waals surface area contributed by atoms with Crippen LogP contribution in [0.15, 0.2) is 29.1 Å². The Balaban J connectivity index is 1.65. The zero-order valence-corrected chi connectivity index (χ0v) is 16.0. The summed E-state index contributed by atoms with van der Waals surface area (Å²) in [7, 11) is 0. The van der Waals surface area contributed by atoms with Crippen LogP contribution in [-0.4, -0.2) is 44.0 Å². The highest BCUT2D eigenvalue weighted by Crippen LogP contribution is 2.20. The first-order valence-electron chi connectivity index (χ1n) is 9.42. The molecule has 1 fully saturated rings. The maximum absolute atomic E-state index is 13.0. The molecule has 0 bridgehead atoms. The predicted octanol–water partition coefficient (Wildman–Crippen LogP) is 0.990. The van der Waals surface area contributed by atoms with E-state index in [1.165, 1.54) is 4.68 Å². The molecule has 146 valence electrons. The van der Waals surface area contributed by atoms with Gasteiger partial charge in [-0.15, -0.1) is 5.10 Å². The molecule has 28 heavy (non-hydrogen) atoms. The quantitative estimate of drug-likeness (QED) is 0.731. The largest absolute Gasteiger partial charge is 0.369 e. The van der Waals surface area contributed by atoms with Crippen LogP contribution in [0.3, 0.4) is 0 Å². The Morgan fingerprint density at radius 3 is 2.57 bits per heavy atom. The highest BCUT2D eigenvalue weighted by atomic mass is 16.2. The van der Waals surface area contributed by atoms with Gasteiger partial charge in [-0.25, -0.2) is 13.9 Å². The van der Waals surface area contributed by atoms with Crippen LogP contribution in [0.5, 0.6) is 0 Å².